The van der Waals surface area contributed by atoms with Crippen LogP contribution in [0.5, 0.6) is 17.2 Å². The van der Waals surface area contributed by atoms with Crippen LogP contribution in [0.4, 0.5) is 0 Å². The molecule has 0 heterocycles. The Balaban J connectivity index is 2.16. The van der Waals surface area contributed by atoms with E-state index < -0.39 is 0 Å². The molecule has 3 aromatic rings. The molecule has 0 aliphatic rings. The first-order valence-electron chi connectivity index (χ1n) is 22.0. The van der Waals surface area contributed by atoms with Crippen molar-refractivity contribution >= 4 is 0 Å². The van der Waals surface area contributed by atoms with Gasteiger partial charge in [0, 0.05) is 5.41 Å². The fourth-order valence-corrected chi connectivity index (χ4v) is 8.96. The molecule has 3 heteroatoms. The van der Waals surface area contributed by atoms with Gasteiger partial charge in [0.1, 0.15) is 17.2 Å². The molecule has 3 N–H and O–H groups in total. The fraction of sp³-hybridized carbons (Fsp3) is 0.640. The number of unbranched alkanes of at least 4 members (excludes halogenated alkanes) is 13. The highest BCUT2D eigenvalue weighted by molar-refractivity contribution is 5.55. The van der Waals surface area contributed by atoms with E-state index in [-0.39, 0.29) is 11.3 Å². The van der Waals surface area contributed by atoms with Gasteiger partial charge in [-0.15, -0.1) is 0 Å². The maximum absolute atomic E-state index is 11.3. The first kappa shape index (κ1) is 44.5. The monoisotopic (exact) mass is 727 g/mol. The summed E-state index contributed by atoms with van der Waals surface area (Å²) in [5.41, 5.74) is 10.3. The Kier molecular flexibility index (Phi) is 19.4. The molecule has 0 fully saturated rings. The molecule has 0 saturated heterocycles. The van der Waals surface area contributed by atoms with Crippen molar-refractivity contribution in [1.29, 1.82) is 0 Å². The highest BCUT2D eigenvalue weighted by Gasteiger charge is 2.39. The molecule has 0 saturated carbocycles. The van der Waals surface area contributed by atoms with E-state index in [2.05, 4.69) is 73.6 Å². The number of benzene rings is 3. The van der Waals surface area contributed by atoms with E-state index in [1.165, 1.54) is 80.9 Å². The summed E-state index contributed by atoms with van der Waals surface area (Å²) in [4.78, 5) is 0. The highest BCUT2D eigenvalue weighted by atomic mass is 16.3. The summed E-state index contributed by atoms with van der Waals surface area (Å²) >= 11 is 0. The minimum atomic E-state index is -0.315. The van der Waals surface area contributed by atoms with E-state index in [9.17, 15) is 15.3 Å². The van der Waals surface area contributed by atoms with Crippen molar-refractivity contribution in [3.05, 3.63) is 86.5 Å². The van der Waals surface area contributed by atoms with Gasteiger partial charge in [-0.25, -0.2) is 0 Å². The second-order valence-corrected chi connectivity index (χ2v) is 16.7. The van der Waals surface area contributed by atoms with Crippen molar-refractivity contribution in [2.24, 2.45) is 0 Å². The van der Waals surface area contributed by atoms with Gasteiger partial charge in [-0.3, -0.25) is 0 Å². The van der Waals surface area contributed by atoms with E-state index in [0.717, 1.165) is 110 Å². The summed E-state index contributed by atoms with van der Waals surface area (Å²) in [5, 5.41) is 33.5. The minimum absolute atomic E-state index is 0.225. The summed E-state index contributed by atoms with van der Waals surface area (Å²) in [6.45, 7) is 17.9. The molecular weight excluding hydrogens is 649 g/mol. The first-order chi connectivity index (χ1) is 25.5. The standard InChI is InChI=1S/C50H78O3/c1-9-13-17-18-19-20-21-22-23-24-25-29-50(45-34-42(27-15-11-3)48(52)31-38(45)6,46-35-43(28-16-12-4)49(53)32-39(46)7)36-40(8)44-33-41(26-14-10-2)47(51)30-37(44)5/h30-35,40,51-53H,9-29,36H2,1-8H3. The molecule has 0 radical (unpaired) electrons. The van der Waals surface area contributed by atoms with Crippen molar-refractivity contribution in [2.45, 2.75) is 208 Å². The first-order valence-corrected chi connectivity index (χ1v) is 22.0. The molecule has 0 spiro atoms. The van der Waals surface area contributed by atoms with Crippen LogP contribution >= 0.6 is 0 Å². The molecule has 3 nitrogen and oxygen atoms in total. The molecule has 0 aromatic heterocycles. The van der Waals surface area contributed by atoms with Crippen LogP contribution in [0.1, 0.15) is 213 Å². The van der Waals surface area contributed by atoms with Crippen molar-refractivity contribution in [3.8, 4) is 17.2 Å². The second-order valence-electron chi connectivity index (χ2n) is 16.7. The topological polar surface area (TPSA) is 60.7 Å². The van der Waals surface area contributed by atoms with Crippen molar-refractivity contribution in [1.82, 2.24) is 0 Å². The smallest absolute Gasteiger partial charge is 0.119 e. The van der Waals surface area contributed by atoms with Crippen LogP contribution in [0.2, 0.25) is 0 Å². The Labute approximate surface area is 326 Å². The zero-order chi connectivity index (χ0) is 38.8. The van der Waals surface area contributed by atoms with Crippen molar-refractivity contribution < 1.29 is 15.3 Å². The molecule has 3 rings (SSSR count). The Morgan fingerprint density at radius 2 is 0.811 bits per heavy atom. The molecule has 53 heavy (non-hydrogen) atoms. The van der Waals surface area contributed by atoms with Gasteiger partial charge in [0.25, 0.3) is 0 Å². The summed E-state index contributed by atoms with van der Waals surface area (Å²) in [5.74, 6) is 1.47. The predicted molar refractivity (Wildman–Crippen MR) is 229 cm³/mol. The van der Waals surface area contributed by atoms with Crippen LogP contribution < -0.4 is 0 Å². The predicted octanol–water partition coefficient (Wildman–Crippen LogP) is 14.9. The molecule has 3 aromatic carbocycles. The Morgan fingerprint density at radius 1 is 0.453 bits per heavy atom. The molecule has 1 unspecified atom stereocenters. The largest absolute Gasteiger partial charge is 0.508 e. The summed E-state index contributed by atoms with van der Waals surface area (Å²) < 4.78 is 0. The van der Waals surface area contributed by atoms with Gasteiger partial charge in [-0.1, -0.05) is 143 Å². The third-order valence-electron chi connectivity index (χ3n) is 12.1. The lowest BCUT2D eigenvalue weighted by Gasteiger charge is -2.41. The lowest BCUT2D eigenvalue weighted by Crippen LogP contribution is -2.32. The lowest BCUT2D eigenvalue weighted by molar-refractivity contribution is 0.378. The van der Waals surface area contributed by atoms with E-state index >= 15 is 0 Å². The number of aryl methyl sites for hydroxylation is 6. The highest BCUT2D eigenvalue weighted by Crippen LogP contribution is 2.50. The van der Waals surface area contributed by atoms with Gasteiger partial charge in [-0.2, -0.15) is 0 Å². The van der Waals surface area contributed by atoms with Gasteiger partial charge in [0.15, 0.2) is 0 Å². The second kappa shape index (κ2) is 23.1. The maximum atomic E-state index is 11.3. The third-order valence-corrected chi connectivity index (χ3v) is 12.1. The van der Waals surface area contributed by atoms with E-state index in [0.29, 0.717) is 17.2 Å². The Morgan fingerprint density at radius 3 is 1.23 bits per heavy atom. The molecule has 0 bridgehead atoms. The third kappa shape index (κ3) is 12.8. The van der Waals surface area contributed by atoms with Gasteiger partial charge < -0.3 is 15.3 Å². The number of rotatable bonds is 26. The van der Waals surface area contributed by atoms with E-state index in [4.69, 9.17) is 0 Å². The molecule has 0 aliphatic carbocycles. The van der Waals surface area contributed by atoms with Gasteiger partial charge in [0.05, 0.1) is 0 Å². The summed E-state index contributed by atoms with van der Waals surface area (Å²) in [6, 6.07) is 13.1. The number of phenolic OH excluding ortho intramolecular Hbond substituents is 3. The number of phenols is 3. The van der Waals surface area contributed by atoms with Gasteiger partial charge >= 0.3 is 0 Å². The van der Waals surface area contributed by atoms with Crippen LogP contribution in [0, 0.1) is 20.8 Å². The fourth-order valence-electron chi connectivity index (χ4n) is 8.96. The van der Waals surface area contributed by atoms with E-state index in [1.807, 2.05) is 18.2 Å². The zero-order valence-electron chi connectivity index (χ0n) is 35.4. The van der Waals surface area contributed by atoms with Crippen LogP contribution in [-0.4, -0.2) is 15.3 Å². The SMILES string of the molecule is CCCCCCCCCCCCCC(CC(C)c1cc(CCCC)c(O)cc1C)(c1cc(CCCC)c(O)cc1C)c1cc(CCCC)c(O)cc1C. The van der Waals surface area contributed by atoms with E-state index in [1.54, 1.807) is 0 Å². The minimum Gasteiger partial charge on any atom is -0.508 e. The quantitative estimate of drug-likeness (QED) is 0.0722. The van der Waals surface area contributed by atoms with Crippen molar-refractivity contribution in [2.75, 3.05) is 0 Å². The maximum Gasteiger partial charge on any atom is 0.119 e. The summed E-state index contributed by atoms with van der Waals surface area (Å²) in [6.07, 6.45) is 25.4. The van der Waals surface area contributed by atoms with Crippen LogP contribution in [0.3, 0.4) is 0 Å². The Bertz CT molecular complexity index is 1450. The average Bonchev–Trinajstić information content (AvgIpc) is 3.12. The number of hydrogen-bond donors (Lipinski definition) is 3. The molecule has 0 amide bonds. The van der Waals surface area contributed by atoms with Crippen LogP contribution in [0.25, 0.3) is 0 Å². The molecule has 296 valence electrons. The average molecular weight is 727 g/mol. The molecular formula is C50H78O3. The lowest BCUT2D eigenvalue weighted by atomic mass is 9.62. The Hall–Kier alpha value is -2.94. The number of hydrogen-bond acceptors (Lipinski definition) is 3. The normalized spacial score (nSPS) is 12.5. The van der Waals surface area contributed by atoms with Crippen molar-refractivity contribution in [3.63, 3.8) is 0 Å². The summed E-state index contributed by atoms with van der Waals surface area (Å²) in [7, 11) is 0. The van der Waals surface area contributed by atoms with Gasteiger partial charge in [0.2, 0.25) is 0 Å². The van der Waals surface area contributed by atoms with Crippen LogP contribution in [-0.2, 0) is 24.7 Å². The van der Waals surface area contributed by atoms with Gasteiger partial charge in [-0.05, 0) is 146 Å². The number of aromatic hydroxyl groups is 3. The molecule has 0 aliphatic heterocycles. The zero-order valence-corrected chi connectivity index (χ0v) is 35.4. The molecule has 1 atom stereocenters. The van der Waals surface area contributed by atoms with Crippen LogP contribution in [0.15, 0.2) is 36.4 Å².